The first-order chi connectivity index (χ1) is 15.5. The van der Waals surface area contributed by atoms with Crippen LogP contribution in [-0.4, -0.2) is 66.1 Å². The van der Waals surface area contributed by atoms with Crippen molar-refractivity contribution in [2.24, 2.45) is 0 Å². The third kappa shape index (κ3) is 7.14. The molecule has 1 saturated heterocycles. The van der Waals surface area contributed by atoms with Gasteiger partial charge in [0.05, 0.1) is 4.92 Å². The number of nitrogens with one attached hydrogen (secondary N) is 1. The highest BCUT2D eigenvalue weighted by Gasteiger charge is 2.52. The minimum Gasteiger partial charge on any atom is -0.463 e. The largest absolute Gasteiger partial charge is 0.463 e. The molecule has 1 aromatic carbocycles. The van der Waals surface area contributed by atoms with Gasteiger partial charge in [-0.25, -0.2) is 0 Å². The second-order valence-corrected chi connectivity index (χ2v) is 7.04. The maximum atomic E-state index is 11.8. The van der Waals surface area contributed by atoms with Crippen molar-refractivity contribution in [2.45, 2.75) is 58.3 Å². The van der Waals surface area contributed by atoms with E-state index in [4.69, 9.17) is 23.7 Å². The number of benzene rings is 1. The summed E-state index contributed by atoms with van der Waals surface area (Å²) in [7, 11) is 0. The number of hydrogen-bond acceptors (Lipinski definition) is 12. The summed E-state index contributed by atoms with van der Waals surface area (Å²) in [6, 6.07) is 5.62. The van der Waals surface area contributed by atoms with Gasteiger partial charge in [-0.1, -0.05) is 12.1 Å². The van der Waals surface area contributed by atoms with Crippen LogP contribution in [0.2, 0.25) is 0 Å². The maximum Gasteiger partial charge on any atom is 0.303 e. The van der Waals surface area contributed by atoms with Gasteiger partial charge in [0, 0.05) is 33.8 Å². The molecule has 180 valence electrons. The van der Waals surface area contributed by atoms with Crippen LogP contribution in [-0.2, 0) is 42.9 Å². The van der Waals surface area contributed by atoms with Crippen LogP contribution in [0.4, 0.5) is 11.4 Å². The fraction of sp³-hybridized carbons (Fsp3) is 0.500. The number of esters is 4. The molecule has 0 unspecified atom stereocenters. The molecule has 33 heavy (non-hydrogen) atoms. The van der Waals surface area contributed by atoms with Crippen LogP contribution in [0, 0.1) is 10.1 Å². The number of hydrogen-bond donors (Lipinski definition) is 1. The Hall–Kier alpha value is -3.74. The normalized spacial score (nSPS) is 24.2. The summed E-state index contributed by atoms with van der Waals surface area (Å²) < 4.78 is 26.7. The van der Waals surface area contributed by atoms with E-state index in [1.807, 2.05) is 0 Å². The van der Waals surface area contributed by atoms with Crippen molar-refractivity contribution in [3.63, 3.8) is 0 Å². The van der Waals surface area contributed by atoms with Gasteiger partial charge in [-0.2, -0.15) is 0 Å². The van der Waals surface area contributed by atoms with Gasteiger partial charge in [-0.05, 0) is 6.07 Å². The van der Waals surface area contributed by atoms with E-state index in [0.29, 0.717) is 0 Å². The molecule has 1 aromatic rings. The number of carbonyl (C=O) groups excluding carboxylic acids is 4. The first-order valence-electron chi connectivity index (χ1n) is 9.80. The van der Waals surface area contributed by atoms with E-state index in [1.54, 1.807) is 0 Å². The van der Waals surface area contributed by atoms with Gasteiger partial charge in [0.1, 0.15) is 18.4 Å². The fourth-order valence-corrected chi connectivity index (χ4v) is 3.25. The molecule has 0 amide bonds. The molecule has 1 aliphatic rings. The van der Waals surface area contributed by atoms with Gasteiger partial charge in [0.25, 0.3) is 5.69 Å². The van der Waals surface area contributed by atoms with Gasteiger partial charge < -0.3 is 29.0 Å². The Bertz CT molecular complexity index is 919. The van der Waals surface area contributed by atoms with Crippen molar-refractivity contribution >= 4 is 35.3 Å². The van der Waals surface area contributed by atoms with E-state index >= 15 is 0 Å². The summed E-state index contributed by atoms with van der Waals surface area (Å²) in [6.07, 6.45) is -6.58. The van der Waals surface area contributed by atoms with Crippen molar-refractivity contribution in [1.82, 2.24) is 0 Å². The number of anilines is 1. The number of carbonyl (C=O) groups is 4. The molecule has 1 heterocycles. The topological polar surface area (TPSA) is 170 Å². The average molecular weight is 468 g/mol. The monoisotopic (exact) mass is 468 g/mol. The van der Waals surface area contributed by atoms with Gasteiger partial charge in [-0.3, -0.25) is 29.3 Å². The van der Waals surface area contributed by atoms with Crippen LogP contribution < -0.4 is 5.32 Å². The third-order valence-corrected chi connectivity index (χ3v) is 4.39. The van der Waals surface area contributed by atoms with Crippen LogP contribution in [0.5, 0.6) is 0 Å². The molecule has 0 saturated carbocycles. The van der Waals surface area contributed by atoms with Gasteiger partial charge in [0.15, 0.2) is 24.5 Å². The van der Waals surface area contributed by atoms with E-state index in [9.17, 15) is 29.3 Å². The highest BCUT2D eigenvalue weighted by Crippen LogP contribution is 2.32. The van der Waals surface area contributed by atoms with Crippen LogP contribution in [0.25, 0.3) is 0 Å². The van der Waals surface area contributed by atoms with Crippen molar-refractivity contribution in [2.75, 3.05) is 11.9 Å². The second kappa shape index (κ2) is 11.2. The quantitative estimate of drug-likeness (QED) is 0.250. The summed E-state index contributed by atoms with van der Waals surface area (Å²) in [5.74, 6) is -2.99. The molecular formula is C20H24N2O11. The Labute approximate surface area is 188 Å². The van der Waals surface area contributed by atoms with E-state index in [0.717, 1.165) is 27.7 Å². The lowest BCUT2D eigenvalue weighted by molar-refractivity contribution is -0.384. The summed E-state index contributed by atoms with van der Waals surface area (Å²) in [5.41, 5.74) is -0.284. The van der Waals surface area contributed by atoms with Crippen LogP contribution in [0.3, 0.4) is 0 Å². The predicted octanol–water partition coefficient (Wildman–Crippen LogP) is 1.09. The molecule has 0 bridgehead atoms. The van der Waals surface area contributed by atoms with E-state index in [-0.39, 0.29) is 11.4 Å². The minimum absolute atomic E-state index is 0.0170. The molecule has 2 rings (SSSR count). The first kappa shape index (κ1) is 25.5. The Morgan fingerprint density at radius 3 is 2.00 bits per heavy atom. The molecule has 13 nitrogen and oxygen atoms in total. The van der Waals surface area contributed by atoms with Gasteiger partial charge in [0.2, 0.25) is 0 Å². The SMILES string of the molecule is CC(=O)OC[C@@H]1O[C@H](Nc2ccccc2[N+](=O)[O-])[C@@H](OC(C)=O)[C@@H](OC(C)=O)[C@@H]1OC(C)=O. The third-order valence-electron chi connectivity index (χ3n) is 4.39. The summed E-state index contributed by atoms with van der Waals surface area (Å²) >= 11 is 0. The molecule has 1 N–H and O–H groups in total. The molecule has 0 spiro atoms. The van der Waals surface area contributed by atoms with Crippen molar-refractivity contribution in [3.05, 3.63) is 34.4 Å². The van der Waals surface area contributed by atoms with Crippen molar-refractivity contribution < 1.29 is 47.8 Å². The molecular weight excluding hydrogens is 444 g/mol. The number of rotatable bonds is 8. The Morgan fingerprint density at radius 1 is 0.909 bits per heavy atom. The number of ether oxygens (including phenoxy) is 5. The minimum atomic E-state index is -1.39. The lowest BCUT2D eigenvalue weighted by Crippen LogP contribution is -2.64. The summed E-state index contributed by atoms with van der Waals surface area (Å²) in [6.45, 7) is 4.03. The standard InChI is InChI=1S/C20H24N2O11/c1-10(23)29-9-16-17(30-11(2)24)18(31-12(3)25)19(32-13(4)26)20(33-16)21-14-7-5-6-8-15(14)22(27)28/h5-8,16-21H,9H2,1-4H3/t16-,17+,18-,19-,20-/m0/s1. The Kier molecular flexibility index (Phi) is 8.68. The van der Waals surface area contributed by atoms with E-state index < -0.39 is 66.1 Å². The van der Waals surface area contributed by atoms with E-state index in [2.05, 4.69) is 5.32 Å². The molecule has 0 aliphatic carbocycles. The highest BCUT2D eigenvalue weighted by molar-refractivity contribution is 5.69. The van der Waals surface area contributed by atoms with E-state index in [1.165, 1.54) is 24.3 Å². The van der Waals surface area contributed by atoms with Crippen LogP contribution in [0.15, 0.2) is 24.3 Å². The number of nitro benzene ring substituents is 1. The van der Waals surface area contributed by atoms with Crippen LogP contribution >= 0.6 is 0 Å². The summed E-state index contributed by atoms with van der Waals surface area (Å²) in [5, 5.41) is 14.2. The summed E-state index contributed by atoms with van der Waals surface area (Å²) in [4.78, 5) is 57.5. The smallest absolute Gasteiger partial charge is 0.303 e. The number of para-hydroxylation sites is 2. The van der Waals surface area contributed by atoms with Gasteiger partial charge in [-0.15, -0.1) is 0 Å². The second-order valence-electron chi connectivity index (χ2n) is 7.04. The Morgan fingerprint density at radius 2 is 1.45 bits per heavy atom. The molecule has 1 fully saturated rings. The zero-order valence-corrected chi connectivity index (χ0v) is 18.3. The average Bonchev–Trinajstić information content (AvgIpc) is 2.70. The lowest BCUT2D eigenvalue weighted by atomic mass is 9.97. The molecule has 0 aromatic heterocycles. The Balaban J connectivity index is 2.51. The molecule has 5 atom stereocenters. The number of nitro groups is 1. The first-order valence-corrected chi connectivity index (χ1v) is 9.80. The highest BCUT2D eigenvalue weighted by atomic mass is 16.7. The molecule has 0 radical (unpaired) electrons. The van der Waals surface area contributed by atoms with Crippen molar-refractivity contribution in [1.29, 1.82) is 0 Å². The van der Waals surface area contributed by atoms with Crippen molar-refractivity contribution in [3.8, 4) is 0 Å². The fourth-order valence-electron chi connectivity index (χ4n) is 3.25. The molecule has 1 aliphatic heterocycles. The van der Waals surface area contributed by atoms with Crippen LogP contribution in [0.1, 0.15) is 27.7 Å². The zero-order valence-electron chi connectivity index (χ0n) is 18.3. The van der Waals surface area contributed by atoms with Gasteiger partial charge >= 0.3 is 23.9 Å². The maximum absolute atomic E-state index is 11.8. The molecule has 13 heteroatoms. The predicted molar refractivity (Wildman–Crippen MR) is 109 cm³/mol. The zero-order chi connectivity index (χ0) is 24.7. The lowest BCUT2D eigenvalue weighted by Gasteiger charge is -2.44. The number of nitrogens with zero attached hydrogens (tertiary/aromatic N) is 1.